The Morgan fingerprint density at radius 2 is 1.78 bits per heavy atom. The van der Waals surface area contributed by atoms with Gasteiger partial charge < -0.3 is 15.0 Å². The van der Waals surface area contributed by atoms with E-state index in [1.165, 1.54) is 12.1 Å². The van der Waals surface area contributed by atoms with Gasteiger partial charge in [-0.05, 0) is 37.6 Å². The van der Waals surface area contributed by atoms with Crippen LogP contribution in [0.25, 0.3) is 5.69 Å². The molecule has 1 N–H and O–H groups in total. The van der Waals surface area contributed by atoms with Crippen LogP contribution >= 0.6 is 0 Å². The van der Waals surface area contributed by atoms with E-state index in [2.05, 4.69) is 20.1 Å². The molecule has 0 bridgehead atoms. The lowest BCUT2D eigenvalue weighted by Gasteiger charge is -2.34. The normalized spacial score (nSPS) is 15.8. The molecule has 0 atom stereocenters. The van der Waals surface area contributed by atoms with Gasteiger partial charge in [0.2, 0.25) is 5.91 Å². The van der Waals surface area contributed by atoms with Crippen LogP contribution in [-0.2, 0) is 9.53 Å². The summed E-state index contributed by atoms with van der Waals surface area (Å²) in [6, 6.07) is 7.59. The molecule has 3 rings (SSSR count). The van der Waals surface area contributed by atoms with Gasteiger partial charge in [0.05, 0.1) is 17.9 Å². The van der Waals surface area contributed by atoms with Crippen LogP contribution in [-0.4, -0.2) is 84.1 Å². The summed E-state index contributed by atoms with van der Waals surface area (Å²) in [7, 11) is 0. The maximum absolute atomic E-state index is 13.2. The number of nitrogens with zero attached hydrogens (tertiary/aromatic N) is 4. The zero-order chi connectivity index (χ0) is 23.1. The van der Waals surface area contributed by atoms with Gasteiger partial charge >= 0.3 is 6.18 Å². The summed E-state index contributed by atoms with van der Waals surface area (Å²) in [4.78, 5) is 16.7. The van der Waals surface area contributed by atoms with E-state index in [4.69, 9.17) is 0 Å². The molecule has 32 heavy (non-hydrogen) atoms. The number of alkyl halides is 3. The van der Waals surface area contributed by atoms with Crippen molar-refractivity contribution in [2.45, 2.75) is 19.5 Å². The van der Waals surface area contributed by atoms with Crippen LogP contribution in [0.2, 0.25) is 0 Å². The number of aromatic nitrogens is 2. The Labute approximate surface area is 183 Å². The highest BCUT2D eigenvalue weighted by Crippen LogP contribution is 2.18. The number of ether oxygens (including phenoxy) is 1. The number of carbonyl (C=O) groups is 1. The van der Waals surface area contributed by atoms with Crippen LogP contribution in [0.3, 0.4) is 0 Å². The number of hydrogen-bond acceptors (Lipinski definition) is 5. The van der Waals surface area contributed by atoms with Gasteiger partial charge in [0.15, 0.2) is 0 Å². The summed E-state index contributed by atoms with van der Waals surface area (Å²) in [6.45, 7) is 4.39. The van der Waals surface area contributed by atoms with Crippen molar-refractivity contribution in [1.29, 1.82) is 0 Å². The first-order valence-electron chi connectivity index (χ1n) is 10.4. The van der Waals surface area contributed by atoms with Crippen molar-refractivity contribution >= 4 is 11.7 Å². The highest BCUT2D eigenvalue weighted by atomic mass is 19.4. The van der Waals surface area contributed by atoms with Crippen molar-refractivity contribution in [3.8, 4) is 5.69 Å². The van der Waals surface area contributed by atoms with Crippen LogP contribution in [0.15, 0.2) is 30.3 Å². The van der Waals surface area contributed by atoms with Crippen molar-refractivity contribution < 1.29 is 27.1 Å². The van der Waals surface area contributed by atoms with Gasteiger partial charge in [-0.3, -0.25) is 9.69 Å². The first-order chi connectivity index (χ1) is 15.2. The Bertz CT molecular complexity index is 877. The number of halogens is 4. The molecule has 0 radical (unpaired) electrons. The number of benzene rings is 1. The maximum Gasteiger partial charge on any atom is 0.411 e. The second kappa shape index (κ2) is 10.9. The molecule has 0 aliphatic carbocycles. The average molecular weight is 457 g/mol. The molecule has 7 nitrogen and oxygen atoms in total. The highest BCUT2D eigenvalue weighted by molar-refractivity contribution is 5.91. The van der Waals surface area contributed by atoms with Gasteiger partial charge in [-0.25, -0.2) is 9.07 Å². The highest BCUT2D eigenvalue weighted by Gasteiger charge is 2.27. The minimum absolute atomic E-state index is 0.0727. The summed E-state index contributed by atoms with van der Waals surface area (Å²) >= 11 is 0. The van der Waals surface area contributed by atoms with E-state index < -0.39 is 12.8 Å². The molecule has 1 aromatic heterocycles. The number of amides is 1. The second-order valence-electron chi connectivity index (χ2n) is 7.75. The lowest BCUT2D eigenvalue weighted by Crippen LogP contribution is -2.48. The predicted octanol–water partition coefficient (Wildman–Crippen LogP) is 2.84. The number of rotatable bonds is 9. The summed E-state index contributed by atoms with van der Waals surface area (Å²) in [5.74, 6) is -0.0185. The first-order valence-corrected chi connectivity index (χ1v) is 10.4. The van der Waals surface area contributed by atoms with E-state index >= 15 is 0 Å². The molecule has 1 fully saturated rings. The number of anilines is 1. The molecule has 0 saturated carbocycles. The molecule has 1 aliphatic rings. The average Bonchev–Trinajstić information content (AvgIpc) is 3.08. The molecule has 1 aliphatic heterocycles. The minimum atomic E-state index is -4.29. The molecule has 2 heterocycles. The minimum Gasteiger partial charge on any atom is -0.372 e. The Kier molecular flexibility index (Phi) is 8.21. The zero-order valence-electron chi connectivity index (χ0n) is 17.9. The van der Waals surface area contributed by atoms with Crippen molar-refractivity contribution in [2.75, 3.05) is 57.8 Å². The predicted molar refractivity (Wildman–Crippen MR) is 111 cm³/mol. The molecule has 2 aromatic rings. The summed E-state index contributed by atoms with van der Waals surface area (Å²) in [5.41, 5.74) is 1.36. The van der Waals surface area contributed by atoms with Crippen LogP contribution < -0.4 is 5.32 Å². The monoisotopic (exact) mass is 457 g/mol. The fourth-order valence-corrected chi connectivity index (χ4v) is 3.50. The van der Waals surface area contributed by atoms with Gasteiger partial charge in [0.25, 0.3) is 0 Å². The first kappa shape index (κ1) is 24.1. The smallest absolute Gasteiger partial charge is 0.372 e. The summed E-state index contributed by atoms with van der Waals surface area (Å²) < 4.78 is 55.5. The quantitative estimate of drug-likeness (QED) is 0.464. The van der Waals surface area contributed by atoms with Crippen molar-refractivity contribution in [3.63, 3.8) is 0 Å². The summed E-state index contributed by atoms with van der Waals surface area (Å²) in [5, 5.41) is 7.23. The third-order valence-electron chi connectivity index (χ3n) is 5.03. The largest absolute Gasteiger partial charge is 0.411 e. The lowest BCUT2D eigenvalue weighted by molar-refractivity contribution is -0.174. The van der Waals surface area contributed by atoms with Gasteiger partial charge in [-0.2, -0.15) is 18.3 Å². The fourth-order valence-electron chi connectivity index (χ4n) is 3.50. The topological polar surface area (TPSA) is 62.6 Å². The molecule has 1 saturated heterocycles. The third kappa shape index (κ3) is 7.57. The van der Waals surface area contributed by atoms with E-state index in [-0.39, 0.29) is 24.9 Å². The molecule has 1 amide bonds. The Morgan fingerprint density at radius 1 is 1.12 bits per heavy atom. The van der Waals surface area contributed by atoms with Crippen LogP contribution in [0.4, 0.5) is 23.4 Å². The maximum atomic E-state index is 13.2. The Balaban J connectivity index is 1.41. The van der Waals surface area contributed by atoms with Crippen LogP contribution in [0, 0.1) is 12.7 Å². The number of piperazine rings is 1. The third-order valence-corrected chi connectivity index (χ3v) is 5.03. The fraction of sp³-hybridized carbons (Fsp3) is 0.524. The number of hydrogen-bond donors (Lipinski definition) is 1. The molecular formula is C21H27F4N5O2. The summed E-state index contributed by atoms with van der Waals surface area (Å²) in [6.07, 6.45) is -3.76. The zero-order valence-corrected chi connectivity index (χ0v) is 17.9. The molecule has 1 aromatic carbocycles. The standard InChI is InChI=1S/C21H27F4N5O2/c1-16-13-19(30(27-16)18-5-3-17(22)4-6-18)26-20(31)14-29-10-8-28(9-11-29)7-2-12-32-15-21(23,24)25/h3-6,13H,2,7-12,14-15H2,1H3,(H,26,31). The van der Waals surface area contributed by atoms with Gasteiger partial charge in [-0.15, -0.1) is 0 Å². The molecule has 176 valence electrons. The second-order valence-corrected chi connectivity index (χ2v) is 7.75. The van der Waals surface area contributed by atoms with E-state index in [0.717, 1.165) is 18.8 Å². The van der Waals surface area contributed by atoms with Crippen molar-refractivity contribution in [3.05, 3.63) is 41.8 Å². The van der Waals surface area contributed by atoms with Crippen LogP contribution in [0.1, 0.15) is 12.1 Å². The van der Waals surface area contributed by atoms with E-state index in [9.17, 15) is 22.4 Å². The van der Waals surface area contributed by atoms with Crippen LogP contribution in [0.5, 0.6) is 0 Å². The number of nitrogens with one attached hydrogen (secondary N) is 1. The number of aryl methyl sites for hydroxylation is 1. The number of carbonyl (C=O) groups excluding carboxylic acids is 1. The SMILES string of the molecule is Cc1cc(NC(=O)CN2CCN(CCCOCC(F)(F)F)CC2)n(-c2ccc(F)cc2)n1. The van der Waals surface area contributed by atoms with E-state index in [0.29, 0.717) is 37.6 Å². The van der Waals surface area contributed by atoms with Gasteiger partial charge in [-0.1, -0.05) is 0 Å². The molecular weight excluding hydrogens is 430 g/mol. The van der Waals surface area contributed by atoms with E-state index in [1.54, 1.807) is 22.9 Å². The Hall–Kier alpha value is -2.50. The molecule has 0 unspecified atom stereocenters. The molecule has 0 spiro atoms. The lowest BCUT2D eigenvalue weighted by atomic mass is 10.3. The Morgan fingerprint density at radius 3 is 2.44 bits per heavy atom. The van der Waals surface area contributed by atoms with Gasteiger partial charge in [0, 0.05) is 45.4 Å². The molecule has 11 heteroatoms. The van der Waals surface area contributed by atoms with Gasteiger partial charge in [0.1, 0.15) is 18.2 Å². The van der Waals surface area contributed by atoms with Crippen molar-refractivity contribution in [2.24, 2.45) is 0 Å². The van der Waals surface area contributed by atoms with Crippen molar-refractivity contribution in [1.82, 2.24) is 19.6 Å². The van der Waals surface area contributed by atoms with E-state index in [1.807, 2.05) is 11.8 Å².